The van der Waals surface area contributed by atoms with Crippen LogP contribution < -0.4 is 15.8 Å². The molecule has 0 aliphatic carbocycles. The van der Waals surface area contributed by atoms with Gasteiger partial charge in [0.1, 0.15) is 5.75 Å². The predicted molar refractivity (Wildman–Crippen MR) is 97.6 cm³/mol. The van der Waals surface area contributed by atoms with Crippen molar-refractivity contribution in [2.45, 2.75) is 44.7 Å². The summed E-state index contributed by atoms with van der Waals surface area (Å²) in [6, 6.07) is 6.97. The van der Waals surface area contributed by atoms with Gasteiger partial charge in [-0.05, 0) is 36.6 Å². The van der Waals surface area contributed by atoms with Crippen LogP contribution in [0.1, 0.15) is 36.8 Å². The molecule has 0 aromatic heterocycles. The summed E-state index contributed by atoms with van der Waals surface area (Å²) in [5, 5.41) is 3.03. The molecule has 1 saturated heterocycles. The van der Waals surface area contributed by atoms with E-state index in [1.54, 1.807) is 0 Å². The Morgan fingerprint density at radius 2 is 2.25 bits per heavy atom. The van der Waals surface area contributed by atoms with Gasteiger partial charge in [0.25, 0.3) is 0 Å². The van der Waals surface area contributed by atoms with Crippen molar-refractivity contribution >= 4 is 18.3 Å². The van der Waals surface area contributed by atoms with E-state index in [4.69, 9.17) is 10.5 Å². The number of benzene rings is 1. The number of likely N-dealkylation sites (tertiary alicyclic amines) is 1. The Bertz CT molecular complexity index is 553. The van der Waals surface area contributed by atoms with Gasteiger partial charge in [-0.3, -0.25) is 9.69 Å². The van der Waals surface area contributed by atoms with Crippen LogP contribution in [0.15, 0.2) is 18.2 Å². The van der Waals surface area contributed by atoms with Crippen LogP contribution in [0.4, 0.5) is 0 Å². The van der Waals surface area contributed by atoms with E-state index in [9.17, 15) is 4.79 Å². The third kappa shape index (κ3) is 4.85. The highest BCUT2D eigenvalue weighted by molar-refractivity contribution is 5.85. The van der Waals surface area contributed by atoms with Gasteiger partial charge < -0.3 is 15.8 Å². The first-order valence-electron chi connectivity index (χ1n) is 8.71. The van der Waals surface area contributed by atoms with Gasteiger partial charge in [0.05, 0.1) is 6.61 Å². The minimum atomic E-state index is 0. The molecule has 5 nitrogen and oxygen atoms in total. The molecular weight excluding hydrogens is 326 g/mol. The standard InChI is InChI=1S/C18H27N3O2.ClH/c19-8-6-18(22)20-12-16-3-1-2-9-21(16)13-14-4-5-17-15(11-14)7-10-23-17;/h4-5,11,16H,1-3,6-10,12-13,19H2,(H,20,22);1H. The van der Waals surface area contributed by atoms with Crippen molar-refractivity contribution in [3.63, 3.8) is 0 Å². The summed E-state index contributed by atoms with van der Waals surface area (Å²) < 4.78 is 5.58. The Labute approximate surface area is 150 Å². The Morgan fingerprint density at radius 1 is 1.38 bits per heavy atom. The normalized spacial score (nSPS) is 20.0. The van der Waals surface area contributed by atoms with Gasteiger partial charge in [0.2, 0.25) is 5.91 Å². The number of rotatable bonds is 6. The van der Waals surface area contributed by atoms with Gasteiger partial charge in [0.15, 0.2) is 0 Å². The van der Waals surface area contributed by atoms with Crippen LogP contribution in [0.5, 0.6) is 5.75 Å². The first kappa shape index (κ1) is 19.0. The molecule has 0 bridgehead atoms. The van der Waals surface area contributed by atoms with Crippen molar-refractivity contribution in [3.05, 3.63) is 29.3 Å². The fraction of sp³-hybridized carbons (Fsp3) is 0.611. The van der Waals surface area contributed by atoms with Gasteiger partial charge in [-0.25, -0.2) is 0 Å². The zero-order valence-corrected chi connectivity index (χ0v) is 14.9. The molecule has 1 aromatic carbocycles. The number of piperidine rings is 1. The number of ether oxygens (including phenoxy) is 1. The maximum atomic E-state index is 11.7. The lowest BCUT2D eigenvalue weighted by molar-refractivity contribution is -0.121. The van der Waals surface area contributed by atoms with Gasteiger partial charge in [-0.15, -0.1) is 12.4 Å². The molecule has 1 unspecified atom stereocenters. The smallest absolute Gasteiger partial charge is 0.221 e. The Morgan fingerprint density at radius 3 is 3.08 bits per heavy atom. The lowest BCUT2D eigenvalue weighted by Crippen LogP contribution is -2.46. The van der Waals surface area contributed by atoms with Crippen molar-refractivity contribution in [2.24, 2.45) is 5.73 Å². The van der Waals surface area contributed by atoms with E-state index in [1.807, 2.05) is 0 Å². The van der Waals surface area contributed by atoms with Gasteiger partial charge in [0, 0.05) is 38.5 Å². The minimum absolute atomic E-state index is 0. The number of nitrogens with two attached hydrogens (primary N) is 1. The topological polar surface area (TPSA) is 67.6 Å². The third-order valence-electron chi connectivity index (χ3n) is 4.79. The van der Waals surface area contributed by atoms with Crippen molar-refractivity contribution in [2.75, 3.05) is 26.2 Å². The van der Waals surface area contributed by atoms with Crippen LogP contribution in [-0.4, -0.2) is 43.1 Å². The molecule has 1 aromatic rings. The highest BCUT2D eigenvalue weighted by atomic mass is 35.5. The third-order valence-corrected chi connectivity index (χ3v) is 4.79. The quantitative estimate of drug-likeness (QED) is 0.819. The lowest BCUT2D eigenvalue weighted by atomic mass is 10.00. The van der Waals surface area contributed by atoms with Gasteiger partial charge in [-0.2, -0.15) is 0 Å². The lowest BCUT2D eigenvalue weighted by Gasteiger charge is -2.36. The molecule has 1 fully saturated rings. The fourth-order valence-corrected chi connectivity index (χ4v) is 3.52. The zero-order valence-electron chi connectivity index (χ0n) is 14.1. The van der Waals surface area contributed by atoms with E-state index in [0.717, 1.165) is 44.8 Å². The second-order valence-corrected chi connectivity index (χ2v) is 6.50. The molecule has 2 aliphatic heterocycles. The molecule has 2 heterocycles. The monoisotopic (exact) mass is 353 g/mol. The van der Waals surface area contributed by atoms with E-state index in [2.05, 4.69) is 28.4 Å². The molecular formula is C18H28ClN3O2. The number of hydrogen-bond acceptors (Lipinski definition) is 4. The van der Waals surface area contributed by atoms with E-state index in [-0.39, 0.29) is 18.3 Å². The van der Waals surface area contributed by atoms with Crippen LogP contribution in [0.25, 0.3) is 0 Å². The van der Waals surface area contributed by atoms with Crippen LogP contribution in [-0.2, 0) is 17.8 Å². The van der Waals surface area contributed by atoms with E-state index >= 15 is 0 Å². The molecule has 1 amide bonds. The van der Waals surface area contributed by atoms with Crippen molar-refractivity contribution in [1.29, 1.82) is 0 Å². The van der Waals surface area contributed by atoms with Crippen molar-refractivity contribution in [1.82, 2.24) is 10.2 Å². The van der Waals surface area contributed by atoms with Crippen LogP contribution in [0.2, 0.25) is 0 Å². The molecule has 0 saturated carbocycles. The minimum Gasteiger partial charge on any atom is -0.493 e. The summed E-state index contributed by atoms with van der Waals surface area (Å²) in [5.41, 5.74) is 8.10. The molecule has 6 heteroatoms. The Hall–Kier alpha value is -1.30. The number of hydrogen-bond donors (Lipinski definition) is 2. The van der Waals surface area contributed by atoms with Gasteiger partial charge >= 0.3 is 0 Å². The summed E-state index contributed by atoms with van der Waals surface area (Å²) in [4.78, 5) is 14.2. The summed E-state index contributed by atoms with van der Waals surface area (Å²) in [6.45, 7) is 4.00. The Balaban J connectivity index is 0.00000208. The Kier molecular flexibility index (Phi) is 7.34. The highest BCUT2D eigenvalue weighted by Gasteiger charge is 2.23. The highest BCUT2D eigenvalue weighted by Crippen LogP contribution is 2.27. The summed E-state index contributed by atoms with van der Waals surface area (Å²) in [5.74, 6) is 1.10. The molecule has 24 heavy (non-hydrogen) atoms. The molecule has 0 spiro atoms. The molecule has 0 radical (unpaired) electrons. The number of nitrogens with one attached hydrogen (secondary N) is 1. The maximum absolute atomic E-state index is 11.7. The second-order valence-electron chi connectivity index (χ2n) is 6.50. The second kappa shape index (κ2) is 9.25. The first-order chi connectivity index (χ1) is 11.3. The summed E-state index contributed by atoms with van der Waals surface area (Å²) in [7, 11) is 0. The zero-order chi connectivity index (χ0) is 16.1. The van der Waals surface area contributed by atoms with Crippen molar-refractivity contribution < 1.29 is 9.53 Å². The molecule has 2 aliphatic rings. The number of nitrogens with zero attached hydrogens (tertiary/aromatic N) is 1. The number of carbonyl (C=O) groups is 1. The summed E-state index contributed by atoms with van der Waals surface area (Å²) in [6.07, 6.45) is 5.06. The fourth-order valence-electron chi connectivity index (χ4n) is 3.52. The average Bonchev–Trinajstić information content (AvgIpc) is 3.02. The van der Waals surface area contributed by atoms with Crippen LogP contribution in [0.3, 0.4) is 0 Å². The first-order valence-corrected chi connectivity index (χ1v) is 8.71. The maximum Gasteiger partial charge on any atom is 0.221 e. The number of carbonyl (C=O) groups excluding carboxylic acids is 1. The SMILES string of the molecule is Cl.NCCC(=O)NCC1CCCCN1Cc1ccc2c(c1)CCO2. The molecule has 3 rings (SSSR count). The average molecular weight is 354 g/mol. The number of halogens is 1. The van der Waals surface area contributed by atoms with Crippen LogP contribution in [0, 0.1) is 0 Å². The van der Waals surface area contributed by atoms with Gasteiger partial charge in [-0.1, -0.05) is 18.6 Å². The molecule has 3 N–H and O–H groups in total. The van der Waals surface area contributed by atoms with Crippen LogP contribution >= 0.6 is 12.4 Å². The molecule has 134 valence electrons. The van der Waals surface area contributed by atoms with E-state index < -0.39 is 0 Å². The summed E-state index contributed by atoms with van der Waals surface area (Å²) >= 11 is 0. The number of amides is 1. The van der Waals surface area contributed by atoms with E-state index in [0.29, 0.717) is 19.0 Å². The largest absolute Gasteiger partial charge is 0.493 e. The number of fused-ring (bicyclic) bond motifs is 1. The predicted octanol–water partition coefficient (Wildman–Crippen LogP) is 1.86. The van der Waals surface area contributed by atoms with E-state index in [1.165, 1.54) is 24.0 Å². The molecule has 1 atom stereocenters. The van der Waals surface area contributed by atoms with Crippen molar-refractivity contribution in [3.8, 4) is 5.75 Å².